The smallest absolute Gasteiger partial charge is 0.251 e. The van der Waals surface area contributed by atoms with Gasteiger partial charge in [0.1, 0.15) is 6.54 Å². The number of nitrogens with zero attached hydrogens (tertiary/aromatic N) is 2. The molecule has 0 atom stereocenters. The quantitative estimate of drug-likeness (QED) is 0.435. The van der Waals surface area contributed by atoms with Gasteiger partial charge in [-0.3, -0.25) is 13.8 Å². The van der Waals surface area contributed by atoms with Crippen molar-refractivity contribution in [3.05, 3.63) is 71.1 Å². The number of carbonyl (C=O) groups excluding carboxylic acids is 1. The Morgan fingerprint density at radius 3 is 2.57 bits per heavy atom. The Morgan fingerprint density at radius 1 is 1.09 bits per heavy atom. The third-order valence-electron chi connectivity index (χ3n) is 6.37. The standard InChI is InChI=1S/C25H28N4O3S3/c1-18-23(29-15-24(30)27-34-29)16-33-25(18)20-8-5-9-22(14-20)26-21-10-12-28(13-11-21)35(31,32)17-19-6-3-2-4-7-19/h2-9,14,16,21,26H,10-13,15,17H2,1H3,(H,27,30). The fraction of sp³-hybridized carbons (Fsp3) is 0.320. The molecule has 2 fully saturated rings. The van der Waals surface area contributed by atoms with Crippen LogP contribution in [0.4, 0.5) is 11.4 Å². The number of hydrogen-bond acceptors (Lipinski definition) is 7. The van der Waals surface area contributed by atoms with Gasteiger partial charge in [0.05, 0.1) is 23.6 Å². The lowest BCUT2D eigenvalue weighted by molar-refractivity contribution is -0.117. The first-order valence-corrected chi connectivity index (χ1v) is 14.9. The molecule has 0 aliphatic carbocycles. The average molecular weight is 529 g/mol. The molecule has 0 saturated carbocycles. The zero-order valence-electron chi connectivity index (χ0n) is 19.4. The number of benzene rings is 2. The SMILES string of the molecule is Cc1c(N2CC(=O)NS2)csc1-c1cccc(NC2CCN(S(=O)(=O)Cc3ccccc3)CC2)c1. The van der Waals surface area contributed by atoms with E-state index in [1.54, 1.807) is 15.6 Å². The van der Waals surface area contributed by atoms with E-state index in [9.17, 15) is 13.2 Å². The molecule has 2 aromatic carbocycles. The highest BCUT2D eigenvalue weighted by molar-refractivity contribution is 7.99. The number of thiophene rings is 1. The first kappa shape index (κ1) is 24.2. The molecule has 5 rings (SSSR count). The van der Waals surface area contributed by atoms with Crippen LogP contribution in [-0.2, 0) is 20.6 Å². The van der Waals surface area contributed by atoms with Gasteiger partial charge in [-0.1, -0.05) is 42.5 Å². The maximum Gasteiger partial charge on any atom is 0.251 e. The van der Waals surface area contributed by atoms with Crippen molar-refractivity contribution in [1.82, 2.24) is 9.03 Å². The van der Waals surface area contributed by atoms with Crippen LogP contribution < -0.4 is 14.3 Å². The van der Waals surface area contributed by atoms with Gasteiger partial charge in [0, 0.05) is 35.1 Å². The van der Waals surface area contributed by atoms with Gasteiger partial charge in [0.2, 0.25) is 10.0 Å². The Labute approximate surface area is 214 Å². The summed E-state index contributed by atoms with van der Waals surface area (Å²) in [4.78, 5) is 12.8. The van der Waals surface area contributed by atoms with Crippen LogP contribution in [-0.4, -0.2) is 44.3 Å². The van der Waals surface area contributed by atoms with Gasteiger partial charge in [-0.2, -0.15) is 0 Å². The van der Waals surface area contributed by atoms with E-state index in [2.05, 4.69) is 40.5 Å². The Morgan fingerprint density at radius 2 is 1.86 bits per heavy atom. The largest absolute Gasteiger partial charge is 0.382 e. The van der Waals surface area contributed by atoms with E-state index in [1.807, 2.05) is 40.7 Å². The molecule has 184 valence electrons. The summed E-state index contributed by atoms with van der Waals surface area (Å²) in [6.45, 7) is 3.51. The maximum atomic E-state index is 12.8. The molecule has 2 aliphatic rings. The zero-order valence-corrected chi connectivity index (χ0v) is 21.9. The summed E-state index contributed by atoms with van der Waals surface area (Å²) < 4.78 is 32.1. The van der Waals surface area contributed by atoms with Crippen molar-refractivity contribution in [1.29, 1.82) is 0 Å². The predicted octanol–water partition coefficient (Wildman–Crippen LogP) is 4.63. The minimum absolute atomic E-state index is 0.0206. The van der Waals surface area contributed by atoms with Crippen LogP contribution in [0, 0.1) is 6.92 Å². The zero-order chi connectivity index (χ0) is 24.4. The van der Waals surface area contributed by atoms with E-state index in [0.717, 1.165) is 40.9 Å². The Hall–Kier alpha value is -2.53. The summed E-state index contributed by atoms with van der Waals surface area (Å²) in [5.74, 6) is 0.0725. The van der Waals surface area contributed by atoms with Gasteiger partial charge in [-0.15, -0.1) is 11.3 Å². The molecule has 35 heavy (non-hydrogen) atoms. The predicted molar refractivity (Wildman–Crippen MR) is 145 cm³/mol. The van der Waals surface area contributed by atoms with Crippen LogP contribution in [0.2, 0.25) is 0 Å². The van der Waals surface area contributed by atoms with Gasteiger partial charge in [-0.05, 0) is 48.6 Å². The minimum Gasteiger partial charge on any atom is -0.382 e. The second-order valence-electron chi connectivity index (χ2n) is 8.87. The first-order chi connectivity index (χ1) is 16.9. The van der Waals surface area contributed by atoms with Crippen LogP contribution in [0.1, 0.15) is 24.0 Å². The van der Waals surface area contributed by atoms with E-state index in [1.165, 1.54) is 17.0 Å². The number of carbonyl (C=O) groups is 1. The Balaban J connectivity index is 1.21. The normalized spacial score (nSPS) is 17.5. The third-order valence-corrected chi connectivity index (χ3v) is 10.2. The second-order valence-corrected chi connectivity index (χ2v) is 12.5. The lowest BCUT2D eigenvalue weighted by atomic mass is 10.0. The molecule has 0 radical (unpaired) electrons. The summed E-state index contributed by atoms with van der Waals surface area (Å²) in [5.41, 5.74) is 5.22. The monoisotopic (exact) mass is 528 g/mol. The van der Waals surface area contributed by atoms with Crippen LogP contribution in [0.3, 0.4) is 0 Å². The van der Waals surface area contributed by atoms with Gasteiger partial charge in [0.25, 0.3) is 5.91 Å². The Bertz CT molecular complexity index is 1300. The molecule has 3 aromatic rings. The van der Waals surface area contributed by atoms with Crippen LogP contribution >= 0.6 is 23.5 Å². The number of piperidine rings is 1. The second kappa shape index (κ2) is 10.2. The summed E-state index contributed by atoms with van der Waals surface area (Å²) >= 11 is 3.02. The molecule has 0 spiro atoms. The number of anilines is 2. The molecule has 2 N–H and O–H groups in total. The molecule has 2 saturated heterocycles. The molecule has 3 heterocycles. The number of sulfonamides is 1. The molecule has 2 aliphatic heterocycles. The van der Waals surface area contributed by atoms with Crippen molar-refractivity contribution in [2.75, 3.05) is 29.3 Å². The van der Waals surface area contributed by atoms with E-state index < -0.39 is 10.0 Å². The van der Waals surface area contributed by atoms with E-state index in [4.69, 9.17) is 0 Å². The van der Waals surface area contributed by atoms with Crippen molar-refractivity contribution in [2.24, 2.45) is 0 Å². The highest BCUT2D eigenvalue weighted by Gasteiger charge is 2.28. The van der Waals surface area contributed by atoms with E-state index in [-0.39, 0.29) is 17.7 Å². The number of nitrogens with one attached hydrogen (secondary N) is 2. The van der Waals surface area contributed by atoms with Crippen molar-refractivity contribution in [3.63, 3.8) is 0 Å². The molecule has 7 nitrogen and oxygen atoms in total. The van der Waals surface area contributed by atoms with E-state index in [0.29, 0.717) is 19.6 Å². The third kappa shape index (κ3) is 5.50. The van der Waals surface area contributed by atoms with E-state index >= 15 is 0 Å². The topological polar surface area (TPSA) is 81.8 Å². The summed E-state index contributed by atoms with van der Waals surface area (Å²) in [6, 6.07) is 18.0. The molecule has 10 heteroatoms. The number of amides is 1. The summed E-state index contributed by atoms with van der Waals surface area (Å²) in [6.07, 6.45) is 1.54. The lowest BCUT2D eigenvalue weighted by Gasteiger charge is -2.32. The van der Waals surface area contributed by atoms with Gasteiger partial charge >= 0.3 is 0 Å². The van der Waals surface area contributed by atoms with Gasteiger partial charge in [0.15, 0.2) is 0 Å². The molecular weight excluding hydrogens is 501 g/mol. The molecule has 0 unspecified atom stereocenters. The fourth-order valence-corrected chi connectivity index (χ4v) is 7.97. The molecular formula is C25H28N4O3S3. The maximum absolute atomic E-state index is 12.8. The summed E-state index contributed by atoms with van der Waals surface area (Å²) in [7, 11) is -3.31. The van der Waals surface area contributed by atoms with Crippen LogP contribution in [0.15, 0.2) is 60.0 Å². The van der Waals surface area contributed by atoms with Crippen LogP contribution in [0.25, 0.3) is 10.4 Å². The lowest BCUT2D eigenvalue weighted by Crippen LogP contribution is -2.42. The molecule has 1 aromatic heterocycles. The molecule has 1 amide bonds. The molecule has 0 bridgehead atoms. The van der Waals surface area contributed by atoms with Crippen molar-refractivity contribution < 1.29 is 13.2 Å². The van der Waals surface area contributed by atoms with Gasteiger partial charge < -0.3 is 5.32 Å². The average Bonchev–Trinajstić information content (AvgIpc) is 3.45. The van der Waals surface area contributed by atoms with Gasteiger partial charge in [-0.25, -0.2) is 12.7 Å². The van der Waals surface area contributed by atoms with Crippen molar-refractivity contribution in [2.45, 2.75) is 31.6 Å². The van der Waals surface area contributed by atoms with Crippen molar-refractivity contribution >= 4 is 50.8 Å². The first-order valence-electron chi connectivity index (χ1n) is 11.6. The highest BCUT2D eigenvalue weighted by atomic mass is 32.2. The number of hydrogen-bond donors (Lipinski definition) is 2. The van der Waals surface area contributed by atoms with Crippen molar-refractivity contribution in [3.8, 4) is 10.4 Å². The highest BCUT2D eigenvalue weighted by Crippen LogP contribution is 2.40. The van der Waals surface area contributed by atoms with Crippen LogP contribution in [0.5, 0.6) is 0 Å². The summed E-state index contributed by atoms with van der Waals surface area (Å²) in [5, 5.41) is 5.71. The fourth-order valence-electron chi connectivity index (χ4n) is 4.51. The Kier molecular flexibility index (Phi) is 7.06. The number of rotatable bonds is 7. The minimum atomic E-state index is -3.31.